The van der Waals surface area contributed by atoms with Crippen LogP contribution < -0.4 is 9.47 Å². The third kappa shape index (κ3) is 4.02. The number of benzene rings is 2. The van der Waals surface area contributed by atoms with Crippen LogP contribution in [0.5, 0.6) is 11.5 Å². The molecule has 6 heteroatoms. The first-order chi connectivity index (χ1) is 13.7. The van der Waals surface area contributed by atoms with Crippen molar-refractivity contribution >= 4 is 17.2 Å². The average Bonchev–Trinajstić information content (AvgIpc) is 3.47. The van der Waals surface area contributed by atoms with Gasteiger partial charge in [0.2, 0.25) is 0 Å². The molecule has 0 radical (unpaired) electrons. The second kappa shape index (κ2) is 8.02. The zero-order valence-electron chi connectivity index (χ0n) is 15.9. The standard InChI is InChI=1S/C22H22N2O3S/c1-26-18-9-3-15(4-10-18)13-24(17-7-8-17)22(25)20-14-28-21(23-20)16-5-11-19(27-2)12-6-16/h3-6,9-12,14,17H,7-8,13H2,1-2H3. The highest BCUT2D eigenvalue weighted by molar-refractivity contribution is 7.13. The first kappa shape index (κ1) is 18.5. The number of aromatic nitrogens is 1. The maximum atomic E-state index is 13.1. The first-order valence-corrected chi connectivity index (χ1v) is 10.1. The Morgan fingerprint density at radius 1 is 1.04 bits per heavy atom. The number of nitrogens with zero attached hydrogens (tertiary/aromatic N) is 2. The molecule has 0 aliphatic heterocycles. The molecule has 1 aliphatic rings. The van der Waals surface area contributed by atoms with Gasteiger partial charge in [0.15, 0.2) is 0 Å². The minimum Gasteiger partial charge on any atom is -0.497 e. The summed E-state index contributed by atoms with van der Waals surface area (Å²) in [5, 5.41) is 2.69. The number of ether oxygens (including phenoxy) is 2. The molecule has 5 nitrogen and oxygen atoms in total. The monoisotopic (exact) mass is 394 g/mol. The largest absolute Gasteiger partial charge is 0.497 e. The van der Waals surface area contributed by atoms with E-state index in [1.165, 1.54) is 11.3 Å². The molecule has 1 amide bonds. The summed E-state index contributed by atoms with van der Waals surface area (Å²) >= 11 is 1.49. The van der Waals surface area contributed by atoms with Crippen molar-refractivity contribution in [2.45, 2.75) is 25.4 Å². The normalized spacial score (nSPS) is 13.2. The molecule has 144 valence electrons. The lowest BCUT2D eigenvalue weighted by Crippen LogP contribution is -2.32. The van der Waals surface area contributed by atoms with Crippen LogP contribution in [-0.2, 0) is 6.54 Å². The fraction of sp³-hybridized carbons (Fsp3) is 0.273. The lowest BCUT2D eigenvalue weighted by molar-refractivity contribution is 0.0725. The summed E-state index contributed by atoms with van der Waals surface area (Å²) in [6.45, 7) is 0.586. The van der Waals surface area contributed by atoms with E-state index in [0.717, 1.165) is 40.5 Å². The summed E-state index contributed by atoms with van der Waals surface area (Å²) < 4.78 is 10.4. The van der Waals surface area contributed by atoms with Crippen molar-refractivity contribution in [3.05, 3.63) is 65.2 Å². The van der Waals surface area contributed by atoms with Crippen LogP contribution >= 0.6 is 11.3 Å². The van der Waals surface area contributed by atoms with E-state index in [1.807, 2.05) is 58.8 Å². The van der Waals surface area contributed by atoms with Gasteiger partial charge in [-0.15, -0.1) is 11.3 Å². The third-order valence-electron chi connectivity index (χ3n) is 4.82. The van der Waals surface area contributed by atoms with E-state index in [9.17, 15) is 4.79 Å². The van der Waals surface area contributed by atoms with E-state index in [2.05, 4.69) is 4.98 Å². The average molecular weight is 394 g/mol. The van der Waals surface area contributed by atoms with Crippen molar-refractivity contribution in [3.63, 3.8) is 0 Å². The molecule has 2 aromatic carbocycles. The smallest absolute Gasteiger partial charge is 0.273 e. The molecule has 3 aromatic rings. The van der Waals surface area contributed by atoms with Gasteiger partial charge in [0, 0.05) is 23.5 Å². The molecule has 1 fully saturated rings. The molecular formula is C22H22N2O3S. The zero-order chi connectivity index (χ0) is 19.5. The Kier molecular flexibility index (Phi) is 5.30. The van der Waals surface area contributed by atoms with Gasteiger partial charge in [-0.05, 0) is 54.8 Å². The maximum Gasteiger partial charge on any atom is 0.273 e. The Balaban J connectivity index is 1.51. The lowest BCUT2D eigenvalue weighted by atomic mass is 10.2. The number of carbonyl (C=O) groups excluding carboxylic acids is 1. The predicted octanol–water partition coefficient (Wildman–Crippen LogP) is 4.63. The van der Waals surface area contributed by atoms with Crippen LogP contribution in [0.4, 0.5) is 0 Å². The highest BCUT2D eigenvalue weighted by Gasteiger charge is 2.34. The summed E-state index contributed by atoms with van der Waals surface area (Å²) in [5.74, 6) is 1.61. The Morgan fingerprint density at radius 2 is 1.64 bits per heavy atom. The van der Waals surface area contributed by atoms with Crippen molar-refractivity contribution in [2.24, 2.45) is 0 Å². The van der Waals surface area contributed by atoms with Crippen molar-refractivity contribution in [1.29, 1.82) is 0 Å². The Labute approximate surface area is 168 Å². The van der Waals surface area contributed by atoms with Crippen LogP contribution in [0.3, 0.4) is 0 Å². The van der Waals surface area contributed by atoms with Gasteiger partial charge in [0.1, 0.15) is 22.2 Å². The van der Waals surface area contributed by atoms with Gasteiger partial charge in [-0.1, -0.05) is 12.1 Å². The Morgan fingerprint density at radius 3 is 2.21 bits per heavy atom. The van der Waals surface area contributed by atoms with Gasteiger partial charge in [-0.2, -0.15) is 0 Å². The van der Waals surface area contributed by atoms with Gasteiger partial charge >= 0.3 is 0 Å². The topological polar surface area (TPSA) is 51.7 Å². The predicted molar refractivity (Wildman–Crippen MR) is 110 cm³/mol. The molecule has 1 aromatic heterocycles. The summed E-state index contributed by atoms with van der Waals surface area (Å²) in [6, 6.07) is 15.9. The van der Waals surface area contributed by atoms with Crippen LogP contribution in [0, 0.1) is 0 Å². The van der Waals surface area contributed by atoms with Crippen molar-refractivity contribution in [2.75, 3.05) is 14.2 Å². The van der Waals surface area contributed by atoms with Crippen LogP contribution in [-0.4, -0.2) is 36.1 Å². The summed E-state index contributed by atoms with van der Waals surface area (Å²) in [4.78, 5) is 19.7. The number of thiazole rings is 1. The number of carbonyl (C=O) groups is 1. The van der Waals surface area contributed by atoms with Crippen LogP contribution in [0.15, 0.2) is 53.9 Å². The molecule has 0 spiro atoms. The van der Waals surface area contributed by atoms with E-state index in [0.29, 0.717) is 18.3 Å². The highest BCUT2D eigenvalue weighted by atomic mass is 32.1. The Hall–Kier alpha value is -2.86. The van der Waals surface area contributed by atoms with E-state index in [1.54, 1.807) is 14.2 Å². The second-order valence-corrected chi connectivity index (χ2v) is 7.64. The first-order valence-electron chi connectivity index (χ1n) is 9.22. The maximum absolute atomic E-state index is 13.1. The lowest BCUT2D eigenvalue weighted by Gasteiger charge is -2.21. The number of hydrogen-bond donors (Lipinski definition) is 0. The minimum absolute atomic E-state index is 0.00525. The molecule has 1 heterocycles. The SMILES string of the molecule is COc1ccc(CN(C(=O)c2csc(-c3ccc(OC)cc3)n2)C2CC2)cc1. The molecule has 4 rings (SSSR count). The molecule has 1 saturated carbocycles. The van der Waals surface area contributed by atoms with Gasteiger partial charge in [-0.25, -0.2) is 4.98 Å². The Bertz CT molecular complexity index is 947. The summed E-state index contributed by atoms with van der Waals surface area (Å²) in [7, 11) is 3.29. The number of rotatable bonds is 7. The quantitative estimate of drug-likeness (QED) is 0.586. The van der Waals surface area contributed by atoms with Gasteiger partial charge < -0.3 is 14.4 Å². The van der Waals surface area contributed by atoms with E-state index >= 15 is 0 Å². The zero-order valence-corrected chi connectivity index (χ0v) is 16.7. The molecule has 0 saturated heterocycles. The van der Waals surface area contributed by atoms with Crippen molar-refractivity contribution in [1.82, 2.24) is 9.88 Å². The second-order valence-electron chi connectivity index (χ2n) is 6.78. The third-order valence-corrected chi connectivity index (χ3v) is 5.71. The molecule has 0 unspecified atom stereocenters. The minimum atomic E-state index is -0.00525. The number of methoxy groups -OCH3 is 2. The molecular weight excluding hydrogens is 372 g/mol. The molecule has 0 N–H and O–H groups in total. The molecule has 28 heavy (non-hydrogen) atoms. The van der Waals surface area contributed by atoms with Crippen LogP contribution in [0.1, 0.15) is 28.9 Å². The van der Waals surface area contributed by atoms with Crippen LogP contribution in [0.25, 0.3) is 10.6 Å². The van der Waals surface area contributed by atoms with Gasteiger partial charge in [0.25, 0.3) is 5.91 Å². The number of hydrogen-bond acceptors (Lipinski definition) is 5. The van der Waals surface area contributed by atoms with Crippen molar-refractivity contribution < 1.29 is 14.3 Å². The van der Waals surface area contributed by atoms with Crippen molar-refractivity contribution in [3.8, 4) is 22.1 Å². The van der Waals surface area contributed by atoms with Gasteiger partial charge in [-0.3, -0.25) is 4.79 Å². The fourth-order valence-electron chi connectivity index (χ4n) is 3.07. The van der Waals surface area contributed by atoms with Crippen LogP contribution in [0.2, 0.25) is 0 Å². The summed E-state index contributed by atoms with van der Waals surface area (Å²) in [6.07, 6.45) is 2.11. The van der Waals surface area contributed by atoms with Gasteiger partial charge in [0.05, 0.1) is 14.2 Å². The summed E-state index contributed by atoms with van der Waals surface area (Å²) in [5.41, 5.74) is 2.58. The molecule has 0 atom stereocenters. The molecule has 1 aliphatic carbocycles. The van der Waals surface area contributed by atoms with E-state index < -0.39 is 0 Å². The number of amides is 1. The fourth-order valence-corrected chi connectivity index (χ4v) is 3.87. The van der Waals surface area contributed by atoms with E-state index in [4.69, 9.17) is 9.47 Å². The van der Waals surface area contributed by atoms with E-state index in [-0.39, 0.29) is 5.91 Å². The highest BCUT2D eigenvalue weighted by Crippen LogP contribution is 2.32. The molecule has 0 bridgehead atoms.